The number of carbonyl (C=O) groups is 1. The van der Waals surface area contributed by atoms with Crippen molar-refractivity contribution in [1.29, 1.82) is 0 Å². The van der Waals surface area contributed by atoms with Crippen molar-refractivity contribution in [2.75, 3.05) is 6.54 Å². The fourth-order valence-electron chi connectivity index (χ4n) is 1.27. The van der Waals surface area contributed by atoms with E-state index in [0.29, 0.717) is 12.1 Å². The maximum absolute atomic E-state index is 11.1. The minimum Gasteiger partial charge on any atom is -0.481 e. The Hall–Kier alpha value is -1.56. The Morgan fingerprint density at radius 2 is 2.43 bits per heavy atom. The van der Waals surface area contributed by atoms with E-state index in [4.69, 9.17) is 10.8 Å². The second-order valence-corrected chi connectivity index (χ2v) is 3.08. The van der Waals surface area contributed by atoms with Crippen LogP contribution in [0.3, 0.4) is 0 Å². The van der Waals surface area contributed by atoms with Gasteiger partial charge in [-0.15, -0.1) is 0 Å². The molecule has 6 nitrogen and oxygen atoms in total. The van der Waals surface area contributed by atoms with Gasteiger partial charge in [-0.25, -0.2) is 0 Å². The Bertz CT molecular complexity index is 379. The molecule has 78 valence electrons. The first-order chi connectivity index (χ1) is 6.56. The van der Waals surface area contributed by atoms with Crippen LogP contribution in [0.1, 0.15) is 18.0 Å². The molecule has 1 unspecified atom stereocenters. The Morgan fingerprint density at radius 3 is 2.79 bits per heavy atom. The van der Waals surface area contributed by atoms with E-state index >= 15 is 0 Å². The van der Waals surface area contributed by atoms with Crippen LogP contribution in [-0.2, 0) is 11.8 Å². The number of hydrogen-bond acceptors (Lipinski definition) is 3. The summed E-state index contributed by atoms with van der Waals surface area (Å²) in [6.07, 6.45) is 0.315. The topological polar surface area (TPSA) is 101 Å². The predicted octanol–water partition coefficient (Wildman–Crippen LogP) is -0.770. The van der Waals surface area contributed by atoms with Crippen molar-refractivity contribution in [3.63, 3.8) is 0 Å². The maximum Gasteiger partial charge on any atom is 0.312 e. The number of nitrogens with one attached hydrogen (secondary N) is 1. The van der Waals surface area contributed by atoms with Crippen LogP contribution in [0.2, 0.25) is 0 Å². The largest absolute Gasteiger partial charge is 0.481 e. The van der Waals surface area contributed by atoms with Gasteiger partial charge in [0.25, 0.3) is 5.56 Å². The molecule has 1 aromatic heterocycles. The van der Waals surface area contributed by atoms with Crippen molar-refractivity contribution in [2.45, 2.75) is 12.3 Å². The summed E-state index contributed by atoms with van der Waals surface area (Å²) in [5.41, 5.74) is 5.44. The van der Waals surface area contributed by atoms with Gasteiger partial charge in [-0.3, -0.25) is 19.4 Å². The van der Waals surface area contributed by atoms with E-state index in [-0.39, 0.29) is 12.1 Å². The van der Waals surface area contributed by atoms with Crippen molar-refractivity contribution >= 4 is 5.97 Å². The van der Waals surface area contributed by atoms with Gasteiger partial charge in [0.15, 0.2) is 0 Å². The van der Waals surface area contributed by atoms with Gasteiger partial charge in [0.05, 0.1) is 11.6 Å². The number of rotatable bonds is 4. The van der Waals surface area contributed by atoms with E-state index in [1.807, 2.05) is 0 Å². The highest BCUT2D eigenvalue weighted by Crippen LogP contribution is 2.15. The summed E-state index contributed by atoms with van der Waals surface area (Å²) in [5.74, 6) is -1.70. The van der Waals surface area contributed by atoms with Gasteiger partial charge in [-0.2, -0.15) is 0 Å². The summed E-state index contributed by atoms with van der Waals surface area (Å²) in [6, 6.07) is 1.29. The molecule has 0 aliphatic carbocycles. The van der Waals surface area contributed by atoms with Crippen LogP contribution >= 0.6 is 0 Å². The minimum atomic E-state index is -0.975. The molecule has 0 spiro atoms. The lowest BCUT2D eigenvalue weighted by Crippen LogP contribution is -2.16. The lowest BCUT2D eigenvalue weighted by Gasteiger charge is -2.07. The van der Waals surface area contributed by atoms with Gasteiger partial charge in [-0.05, 0) is 13.0 Å². The first kappa shape index (κ1) is 10.5. The van der Waals surface area contributed by atoms with Crippen LogP contribution in [0.5, 0.6) is 0 Å². The van der Waals surface area contributed by atoms with E-state index in [0.717, 1.165) is 0 Å². The van der Waals surface area contributed by atoms with Gasteiger partial charge < -0.3 is 10.8 Å². The molecule has 1 rings (SSSR count). The quantitative estimate of drug-likeness (QED) is 0.592. The molecule has 6 heteroatoms. The van der Waals surface area contributed by atoms with Crippen LogP contribution in [0, 0.1) is 0 Å². The highest BCUT2D eigenvalue weighted by atomic mass is 16.4. The summed E-state index contributed by atoms with van der Waals surface area (Å²) >= 11 is 0. The molecule has 0 saturated carbocycles. The van der Waals surface area contributed by atoms with Crippen molar-refractivity contribution in [3.05, 3.63) is 22.1 Å². The smallest absolute Gasteiger partial charge is 0.312 e. The van der Waals surface area contributed by atoms with Gasteiger partial charge in [0.2, 0.25) is 0 Å². The molecule has 0 aliphatic rings. The number of carboxylic acid groups (broad SMARTS) is 1. The van der Waals surface area contributed by atoms with E-state index in [9.17, 15) is 9.59 Å². The number of aryl methyl sites for hydroxylation is 1. The van der Waals surface area contributed by atoms with Crippen LogP contribution in [-0.4, -0.2) is 27.4 Å². The van der Waals surface area contributed by atoms with Crippen LogP contribution in [0.25, 0.3) is 0 Å². The summed E-state index contributed by atoms with van der Waals surface area (Å²) in [7, 11) is 1.53. The fourth-order valence-corrected chi connectivity index (χ4v) is 1.27. The Morgan fingerprint density at radius 1 is 1.79 bits per heavy atom. The second-order valence-electron chi connectivity index (χ2n) is 3.08. The molecule has 1 aromatic rings. The number of aliphatic carboxylic acids is 1. The van der Waals surface area contributed by atoms with Gasteiger partial charge in [-0.1, -0.05) is 0 Å². The monoisotopic (exact) mass is 199 g/mol. The summed E-state index contributed by atoms with van der Waals surface area (Å²) in [6.45, 7) is 0.272. The number of aromatic amines is 1. The molecule has 0 radical (unpaired) electrons. The third kappa shape index (κ3) is 2.02. The first-order valence-corrected chi connectivity index (χ1v) is 4.25. The Labute approximate surface area is 80.3 Å². The third-order valence-electron chi connectivity index (χ3n) is 2.04. The molecule has 1 atom stereocenters. The lowest BCUT2D eigenvalue weighted by molar-refractivity contribution is -0.139. The fraction of sp³-hybridized carbons (Fsp3) is 0.500. The van der Waals surface area contributed by atoms with Crippen LogP contribution < -0.4 is 11.3 Å². The molecule has 0 bridgehead atoms. The average Bonchev–Trinajstić information content (AvgIpc) is 2.42. The molecule has 0 fully saturated rings. The first-order valence-electron chi connectivity index (χ1n) is 4.25. The predicted molar refractivity (Wildman–Crippen MR) is 50.1 cm³/mol. The zero-order chi connectivity index (χ0) is 10.7. The number of nitrogens with zero attached hydrogens (tertiary/aromatic N) is 1. The third-order valence-corrected chi connectivity index (χ3v) is 2.04. The van der Waals surface area contributed by atoms with E-state index in [2.05, 4.69) is 5.10 Å². The molecular formula is C8H13N3O3. The molecule has 0 amide bonds. The number of H-pyrrole nitrogens is 1. The van der Waals surface area contributed by atoms with Crippen molar-refractivity contribution in [2.24, 2.45) is 12.8 Å². The van der Waals surface area contributed by atoms with E-state index in [1.54, 1.807) is 0 Å². The Kier molecular flexibility index (Phi) is 3.08. The lowest BCUT2D eigenvalue weighted by atomic mass is 10.0. The molecule has 0 saturated heterocycles. The zero-order valence-electron chi connectivity index (χ0n) is 7.86. The summed E-state index contributed by atoms with van der Waals surface area (Å²) in [4.78, 5) is 21.9. The molecule has 14 heavy (non-hydrogen) atoms. The van der Waals surface area contributed by atoms with Crippen molar-refractivity contribution in [1.82, 2.24) is 9.78 Å². The maximum atomic E-state index is 11.1. The van der Waals surface area contributed by atoms with E-state index < -0.39 is 11.9 Å². The van der Waals surface area contributed by atoms with Crippen molar-refractivity contribution in [3.8, 4) is 0 Å². The average molecular weight is 199 g/mol. The summed E-state index contributed by atoms with van der Waals surface area (Å²) < 4.78 is 1.24. The number of hydrogen-bond donors (Lipinski definition) is 3. The summed E-state index contributed by atoms with van der Waals surface area (Å²) in [5, 5.41) is 11.5. The molecule has 4 N–H and O–H groups in total. The molecule has 1 heterocycles. The molecular weight excluding hydrogens is 186 g/mol. The van der Waals surface area contributed by atoms with Crippen molar-refractivity contribution < 1.29 is 9.90 Å². The zero-order valence-corrected chi connectivity index (χ0v) is 7.86. The molecule has 0 aliphatic heterocycles. The van der Waals surface area contributed by atoms with Crippen LogP contribution in [0.4, 0.5) is 0 Å². The van der Waals surface area contributed by atoms with Gasteiger partial charge in [0, 0.05) is 13.1 Å². The minimum absolute atomic E-state index is 0.247. The number of nitrogens with two attached hydrogens (primary N) is 1. The molecule has 0 aromatic carbocycles. The SMILES string of the molecule is Cn1[nH]c(C(CCN)C(=O)O)cc1=O. The second kappa shape index (κ2) is 4.10. The highest BCUT2D eigenvalue weighted by molar-refractivity contribution is 5.75. The highest BCUT2D eigenvalue weighted by Gasteiger charge is 2.21. The van der Waals surface area contributed by atoms with E-state index in [1.165, 1.54) is 17.8 Å². The normalized spacial score (nSPS) is 12.7. The standard InChI is InChI=1S/C8H13N3O3/c1-11-7(12)4-6(10-11)5(2-3-9)8(13)14/h4-5,10H,2-3,9H2,1H3,(H,13,14). The van der Waals surface area contributed by atoms with Gasteiger partial charge >= 0.3 is 5.97 Å². The van der Waals surface area contributed by atoms with Gasteiger partial charge in [0.1, 0.15) is 0 Å². The van der Waals surface area contributed by atoms with Crippen LogP contribution in [0.15, 0.2) is 10.9 Å². The Balaban J connectivity index is 2.99. The number of carboxylic acids is 1. The number of aromatic nitrogens is 2.